The number of halogens is 2. The second-order valence-corrected chi connectivity index (χ2v) is 5.95. The summed E-state index contributed by atoms with van der Waals surface area (Å²) in [6.07, 6.45) is 1.41. The molecule has 7 nitrogen and oxygen atoms in total. The van der Waals surface area contributed by atoms with Gasteiger partial charge in [-0.05, 0) is 30.7 Å². The molecule has 29 heavy (non-hydrogen) atoms. The topological polar surface area (TPSA) is 88.4 Å². The quantitative estimate of drug-likeness (QED) is 0.430. The second kappa shape index (κ2) is 9.94. The van der Waals surface area contributed by atoms with Crippen molar-refractivity contribution >= 4 is 28.3 Å². The van der Waals surface area contributed by atoms with Gasteiger partial charge in [0.25, 0.3) is 5.91 Å². The lowest BCUT2D eigenvalue weighted by atomic mass is 10.1. The van der Waals surface area contributed by atoms with Crippen LogP contribution in [0.3, 0.4) is 0 Å². The van der Waals surface area contributed by atoms with Gasteiger partial charge in [0.2, 0.25) is 0 Å². The number of carbonyl (C=O) groups is 1. The predicted molar refractivity (Wildman–Crippen MR) is 107 cm³/mol. The van der Waals surface area contributed by atoms with E-state index in [1.54, 1.807) is 24.6 Å². The number of aryl methyl sites for hydroxylation is 2. The van der Waals surface area contributed by atoms with Gasteiger partial charge in [-0.1, -0.05) is 19.9 Å². The number of aliphatic hydroxyl groups excluding tert-OH is 1. The standard InChI is InChI=1S/C18H18F2N4O3.C2H6/c1-10-3-4-13(12(19)7-10)22-16-11(18(26)23-27-6-5-25)8-14-17(15(16)20)21-9-24(14)2;1-2/h3-4,7-9,22,25H,5-6H2,1-2H3,(H,23,26);1-2H3. The summed E-state index contributed by atoms with van der Waals surface area (Å²) in [5, 5.41) is 11.4. The first-order chi connectivity index (χ1) is 13.9. The summed E-state index contributed by atoms with van der Waals surface area (Å²) in [7, 11) is 1.66. The largest absolute Gasteiger partial charge is 0.394 e. The van der Waals surface area contributed by atoms with E-state index < -0.39 is 17.5 Å². The summed E-state index contributed by atoms with van der Waals surface area (Å²) in [5.74, 6) is -2.13. The summed E-state index contributed by atoms with van der Waals surface area (Å²) >= 11 is 0. The lowest BCUT2D eigenvalue weighted by Crippen LogP contribution is -2.26. The number of amides is 1. The van der Waals surface area contributed by atoms with Crippen LogP contribution in [0, 0.1) is 18.6 Å². The Kier molecular flexibility index (Phi) is 7.63. The molecule has 156 valence electrons. The van der Waals surface area contributed by atoms with Crippen LogP contribution >= 0.6 is 0 Å². The molecule has 1 aromatic heterocycles. The molecule has 3 N–H and O–H groups in total. The molecule has 0 bridgehead atoms. The molecule has 0 atom stereocenters. The summed E-state index contributed by atoms with van der Waals surface area (Å²) in [5.41, 5.74) is 2.94. The van der Waals surface area contributed by atoms with Gasteiger partial charge in [0, 0.05) is 7.05 Å². The Morgan fingerprint density at radius 1 is 1.28 bits per heavy atom. The second-order valence-electron chi connectivity index (χ2n) is 5.95. The number of nitrogens with zero attached hydrogens (tertiary/aromatic N) is 2. The van der Waals surface area contributed by atoms with Gasteiger partial charge in [-0.25, -0.2) is 19.2 Å². The molecule has 9 heteroatoms. The van der Waals surface area contributed by atoms with Gasteiger partial charge in [-0.3, -0.25) is 9.63 Å². The van der Waals surface area contributed by atoms with E-state index >= 15 is 4.39 Å². The highest BCUT2D eigenvalue weighted by atomic mass is 19.1. The summed E-state index contributed by atoms with van der Waals surface area (Å²) in [4.78, 5) is 21.3. The van der Waals surface area contributed by atoms with Crippen molar-refractivity contribution in [1.29, 1.82) is 0 Å². The third-order valence-corrected chi connectivity index (χ3v) is 3.95. The number of aromatic nitrogens is 2. The van der Waals surface area contributed by atoms with E-state index in [-0.39, 0.29) is 35.7 Å². The van der Waals surface area contributed by atoms with Crippen LogP contribution in [0.2, 0.25) is 0 Å². The average molecular weight is 406 g/mol. The molecular weight excluding hydrogens is 382 g/mol. The number of anilines is 2. The normalized spacial score (nSPS) is 10.4. The van der Waals surface area contributed by atoms with Gasteiger partial charge in [-0.2, -0.15) is 0 Å². The molecule has 3 aromatic rings. The van der Waals surface area contributed by atoms with Crippen LogP contribution in [0.15, 0.2) is 30.6 Å². The highest BCUT2D eigenvalue weighted by Crippen LogP contribution is 2.31. The number of nitrogens with one attached hydrogen (secondary N) is 2. The molecule has 3 rings (SSSR count). The number of hydroxylamine groups is 1. The summed E-state index contributed by atoms with van der Waals surface area (Å²) in [6.45, 7) is 5.30. The van der Waals surface area contributed by atoms with Crippen LogP contribution in [-0.2, 0) is 11.9 Å². The highest BCUT2D eigenvalue weighted by Gasteiger charge is 2.22. The number of aliphatic hydroxyl groups is 1. The van der Waals surface area contributed by atoms with Crippen molar-refractivity contribution in [3.05, 3.63) is 53.4 Å². The number of imidazole rings is 1. The van der Waals surface area contributed by atoms with Gasteiger partial charge < -0.3 is 15.0 Å². The van der Waals surface area contributed by atoms with Crippen LogP contribution in [0.1, 0.15) is 29.8 Å². The molecule has 1 amide bonds. The minimum absolute atomic E-state index is 0.0140. The molecular formula is C20H24F2N4O3. The Morgan fingerprint density at radius 3 is 2.66 bits per heavy atom. The number of carbonyl (C=O) groups excluding carboxylic acids is 1. The lowest BCUT2D eigenvalue weighted by Gasteiger charge is -2.15. The SMILES string of the molecule is CC.Cc1ccc(Nc2c(C(=O)NOCCO)cc3c(ncn3C)c2F)c(F)c1. The van der Waals surface area contributed by atoms with Crippen molar-refractivity contribution in [2.24, 2.45) is 7.05 Å². The third-order valence-electron chi connectivity index (χ3n) is 3.95. The highest BCUT2D eigenvalue weighted by molar-refractivity contribution is 6.04. The van der Waals surface area contributed by atoms with Gasteiger partial charge >= 0.3 is 0 Å². The van der Waals surface area contributed by atoms with Crippen LogP contribution in [-0.4, -0.2) is 33.8 Å². The molecule has 0 spiro atoms. The van der Waals surface area contributed by atoms with Crippen LogP contribution in [0.25, 0.3) is 11.0 Å². The lowest BCUT2D eigenvalue weighted by molar-refractivity contribution is 0.0169. The fourth-order valence-electron chi connectivity index (χ4n) is 2.60. The minimum Gasteiger partial charge on any atom is -0.394 e. The molecule has 2 aromatic carbocycles. The average Bonchev–Trinajstić information content (AvgIpc) is 3.08. The van der Waals surface area contributed by atoms with Gasteiger partial charge in [0.15, 0.2) is 5.82 Å². The molecule has 0 fully saturated rings. The van der Waals surface area contributed by atoms with E-state index in [4.69, 9.17) is 9.94 Å². The number of hydrogen-bond donors (Lipinski definition) is 3. The maximum atomic E-state index is 15.1. The number of fused-ring (bicyclic) bond motifs is 1. The molecule has 0 saturated heterocycles. The first-order valence-corrected chi connectivity index (χ1v) is 9.12. The fourth-order valence-corrected chi connectivity index (χ4v) is 2.60. The fraction of sp³-hybridized carbons (Fsp3) is 0.300. The maximum absolute atomic E-state index is 15.1. The van der Waals surface area contributed by atoms with Gasteiger partial charge in [-0.15, -0.1) is 0 Å². The number of rotatable bonds is 6. The van der Waals surface area contributed by atoms with E-state index in [9.17, 15) is 9.18 Å². The Bertz CT molecular complexity index is 1010. The Hall–Kier alpha value is -3.04. The van der Waals surface area contributed by atoms with E-state index in [1.807, 2.05) is 13.8 Å². The van der Waals surface area contributed by atoms with Crippen molar-refractivity contribution < 1.29 is 23.5 Å². The monoisotopic (exact) mass is 406 g/mol. The molecule has 0 aliphatic carbocycles. The first kappa shape index (κ1) is 22.3. The molecule has 0 aliphatic heterocycles. The van der Waals surface area contributed by atoms with Crippen molar-refractivity contribution in [2.45, 2.75) is 20.8 Å². The molecule has 0 radical (unpaired) electrons. The van der Waals surface area contributed by atoms with Crippen molar-refractivity contribution in [3.8, 4) is 0 Å². The van der Waals surface area contributed by atoms with E-state index in [2.05, 4.69) is 15.8 Å². The van der Waals surface area contributed by atoms with Crippen LogP contribution in [0.4, 0.5) is 20.2 Å². The molecule has 0 saturated carbocycles. The smallest absolute Gasteiger partial charge is 0.277 e. The third kappa shape index (κ3) is 4.87. The molecule has 1 heterocycles. The van der Waals surface area contributed by atoms with Gasteiger partial charge in [0.05, 0.1) is 42.0 Å². The first-order valence-electron chi connectivity index (χ1n) is 9.12. The Morgan fingerprint density at radius 2 is 2.00 bits per heavy atom. The van der Waals surface area contributed by atoms with Crippen molar-refractivity contribution in [1.82, 2.24) is 15.0 Å². The predicted octanol–water partition coefficient (Wildman–Crippen LogP) is 3.58. The van der Waals surface area contributed by atoms with Gasteiger partial charge in [0.1, 0.15) is 11.3 Å². The molecule has 0 unspecified atom stereocenters. The van der Waals surface area contributed by atoms with E-state index in [0.29, 0.717) is 11.1 Å². The zero-order valence-corrected chi connectivity index (χ0v) is 16.7. The minimum atomic E-state index is -0.791. The molecule has 0 aliphatic rings. The zero-order valence-electron chi connectivity index (χ0n) is 16.7. The zero-order chi connectivity index (χ0) is 21.6. The van der Waals surface area contributed by atoms with Crippen LogP contribution < -0.4 is 10.8 Å². The van der Waals surface area contributed by atoms with E-state index in [0.717, 1.165) is 0 Å². The maximum Gasteiger partial charge on any atom is 0.277 e. The Labute approximate surface area is 167 Å². The number of benzene rings is 2. The van der Waals surface area contributed by atoms with Crippen LogP contribution in [0.5, 0.6) is 0 Å². The summed E-state index contributed by atoms with van der Waals surface area (Å²) in [6, 6.07) is 5.84. The van der Waals surface area contributed by atoms with Crippen molar-refractivity contribution in [2.75, 3.05) is 18.5 Å². The Balaban J connectivity index is 0.00000145. The van der Waals surface area contributed by atoms with E-state index in [1.165, 1.54) is 24.5 Å². The summed E-state index contributed by atoms with van der Waals surface area (Å²) < 4.78 is 30.8. The van der Waals surface area contributed by atoms with Crippen molar-refractivity contribution in [3.63, 3.8) is 0 Å². The number of hydrogen-bond acceptors (Lipinski definition) is 5.